The number of hydrogen-bond donors (Lipinski definition) is 2. The Bertz CT molecular complexity index is 378. The lowest BCUT2D eigenvalue weighted by atomic mass is 10.1. The van der Waals surface area contributed by atoms with Gasteiger partial charge in [-0.2, -0.15) is 13.2 Å². The number of alkyl halides is 3. The number of hydrogen-bond acceptors (Lipinski definition) is 2. The quantitative estimate of drug-likeness (QED) is 0.806. The predicted molar refractivity (Wildman–Crippen MR) is 55.2 cm³/mol. The molecule has 0 fully saturated rings. The molecule has 2 nitrogen and oxygen atoms in total. The largest absolute Gasteiger partial charge is 0.508 e. The normalized spacial score (nSPS) is 13.7. The summed E-state index contributed by atoms with van der Waals surface area (Å²) in [5, 5.41) is 12.0. The molecule has 0 spiro atoms. The number of phenolic OH excluding ortho intramolecular Hbond substituents is 1. The van der Waals surface area contributed by atoms with Crippen molar-refractivity contribution in [2.75, 3.05) is 6.54 Å². The van der Waals surface area contributed by atoms with Gasteiger partial charge in [0.25, 0.3) is 0 Å². The van der Waals surface area contributed by atoms with Crippen LogP contribution in [0.25, 0.3) is 0 Å². The molecule has 0 aliphatic carbocycles. The van der Waals surface area contributed by atoms with Gasteiger partial charge in [-0.3, -0.25) is 0 Å². The highest BCUT2D eigenvalue weighted by atomic mass is 19.4. The van der Waals surface area contributed by atoms with E-state index in [9.17, 15) is 22.7 Å². The Morgan fingerprint density at radius 1 is 1.35 bits per heavy atom. The third kappa shape index (κ3) is 4.60. The highest BCUT2D eigenvalue weighted by Gasteiger charge is 2.26. The molecule has 1 aromatic rings. The molecule has 0 radical (unpaired) electrons. The average molecular weight is 251 g/mol. The van der Waals surface area contributed by atoms with Crippen molar-refractivity contribution in [1.82, 2.24) is 5.32 Å². The van der Waals surface area contributed by atoms with Crippen molar-refractivity contribution in [3.8, 4) is 5.75 Å². The molecule has 96 valence electrons. The predicted octanol–water partition coefficient (Wildman–Crippen LogP) is 3.13. The molecule has 0 amide bonds. The summed E-state index contributed by atoms with van der Waals surface area (Å²) in [6, 6.07) is 2.81. The summed E-state index contributed by atoms with van der Waals surface area (Å²) in [6.45, 7) is 1.28. The van der Waals surface area contributed by atoms with E-state index in [2.05, 4.69) is 5.32 Å². The molecule has 0 aromatic heterocycles. The Morgan fingerprint density at radius 3 is 2.59 bits per heavy atom. The first kappa shape index (κ1) is 13.8. The molecule has 0 saturated carbocycles. The van der Waals surface area contributed by atoms with Crippen molar-refractivity contribution in [3.05, 3.63) is 29.6 Å². The molecule has 1 aromatic carbocycles. The Hall–Kier alpha value is -1.30. The van der Waals surface area contributed by atoms with Crippen molar-refractivity contribution in [2.24, 2.45) is 0 Å². The van der Waals surface area contributed by atoms with Crippen LogP contribution in [0.2, 0.25) is 0 Å². The van der Waals surface area contributed by atoms with Gasteiger partial charge in [-0.15, -0.1) is 0 Å². The van der Waals surface area contributed by atoms with Gasteiger partial charge in [-0.05, 0) is 25.1 Å². The maximum Gasteiger partial charge on any atom is 0.390 e. The third-order valence-corrected chi connectivity index (χ3v) is 2.32. The van der Waals surface area contributed by atoms with Crippen LogP contribution in [-0.2, 0) is 0 Å². The lowest BCUT2D eigenvalue weighted by molar-refractivity contribution is -0.133. The van der Waals surface area contributed by atoms with Crippen LogP contribution in [0.5, 0.6) is 5.75 Å². The van der Waals surface area contributed by atoms with Gasteiger partial charge in [0.05, 0.1) is 6.42 Å². The second-order valence-electron chi connectivity index (χ2n) is 3.74. The zero-order valence-electron chi connectivity index (χ0n) is 9.18. The highest BCUT2D eigenvalue weighted by molar-refractivity contribution is 5.34. The van der Waals surface area contributed by atoms with Gasteiger partial charge in [0.1, 0.15) is 11.6 Å². The summed E-state index contributed by atoms with van der Waals surface area (Å²) in [7, 11) is 0. The first-order valence-corrected chi connectivity index (χ1v) is 5.08. The zero-order valence-corrected chi connectivity index (χ0v) is 9.18. The Labute approximate surface area is 96.3 Å². The van der Waals surface area contributed by atoms with E-state index in [-0.39, 0.29) is 17.9 Å². The molecular weight excluding hydrogens is 238 g/mol. The van der Waals surface area contributed by atoms with Gasteiger partial charge in [-0.25, -0.2) is 4.39 Å². The van der Waals surface area contributed by atoms with Gasteiger partial charge in [0, 0.05) is 18.2 Å². The van der Waals surface area contributed by atoms with Crippen molar-refractivity contribution in [1.29, 1.82) is 0 Å². The van der Waals surface area contributed by atoms with E-state index in [4.69, 9.17) is 0 Å². The number of rotatable bonds is 4. The van der Waals surface area contributed by atoms with Crippen LogP contribution in [0.15, 0.2) is 18.2 Å². The van der Waals surface area contributed by atoms with Crippen LogP contribution >= 0.6 is 0 Å². The number of aromatic hydroxyl groups is 1. The van der Waals surface area contributed by atoms with E-state index in [1.54, 1.807) is 6.92 Å². The maximum absolute atomic E-state index is 12.9. The zero-order chi connectivity index (χ0) is 13.1. The van der Waals surface area contributed by atoms with Gasteiger partial charge >= 0.3 is 6.18 Å². The Morgan fingerprint density at radius 2 is 2.00 bits per heavy atom. The van der Waals surface area contributed by atoms with Crippen LogP contribution < -0.4 is 5.32 Å². The van der Waals surface area contributed by atoms with Crippen molar-refractivity contribution < 1.29 is 22.7 Å². The van der Waals surface area contributed by atoms with E-state index < -0.39 is 24.5 Å². The van der Waals surface area contributed by atoms with Gasteiger partial charge in [-0.1, -0.05) is 0 Å². The van der Waals surface area contributed by atoms with Crippen molar-refractivity contribution in [3.63, 3.8) is 0 Å². The number of nitrogens with one attached hydrogen (secondary N) is 1. The van der Waals surface area contributed by atoms with E-state index >= 15 is 0 Å². The van der Waals surface area contributed by atoms with Crippen LogP contribution in [0, 0.1) is 5.82 Å². The van der Waals surface area contributed by atoms with Gasteiger partial charge in [0.15, 0.2) is 0 Å². The molecule has 6 heteroatoms. The molecule has 2 N–H and O–H groups in total. The molecule has 0 bridgehead atoms. The second kappa shape index (κ2) is 5.35. The topological polar surface area (TPSA) is 32.3 Å². The highest BCUT2D eigenvalue weighted by Crippen LogP contribution is 2.25. The van der Waals surface area contributed by atoms with E-state index in [0.717, 1.165) is 12.1 Å². The maximum atomic E-state index is 12.9. The number of benzene rings is 1. The molecular formula is C11H13F4NO. The summed E-state index contributed by atoms with van der Waals surface area (Å²) < 4.78 is 48.6. The van der Waals surface area contributed by atoms with Crippen LogP contribution in [0.4, 0.5) is 17.6 Å². The monoisotopic (exact) mass is 251 g/mol. The van der Waals surface area contributed by atoms with E-state index in [0.29, 0.717) is 0 Å². The molecule has 0 aliphatic heterocycles. The van der Waals surface area contributed by atoms with Gasteiger partial charge < -0.3 is 10.4 Å². The lowest BCUT2D eigenvalue weighted by Crippen LogP contribution is -2.24. The second-order valence-corrected chi connectivity index (χ2v) is 3.74. The minimum absolute atomic E-state index is 0.140. The molecule has 0 heterocycles. The average Bonchev–Trinajstić information content (AvgIpc) is 2.19. The fraction of sp³-hybridized carbons (Fsp3) is 0.455. The number of phenols is 1. The standard InChI is InChI=1S/C11H13F4NO/c1-7(16-5-4-11(13,14)15)9-6-8(12)2-3-10(9)17/h2-3,6-7,16-17H,4-5H2,1H3. The van der Waals surface area contributed by atoms with Crippen LogP contribution in [-0.4, -0.2) is 17.8 Å². The first-order chi connectivity index (χ1) is 7.79. The fourth-order valence-electron chi connectivity index (χ4n) is 1.41. The summed E-state index contributed by atoms with van der Waals surface area (Å²) in [5.41, 5.74) is 0.243. The third-order valence-electron chi connectivity index (χ3n) is 2.32. The Balaban J connectivity index is 2.58. The fourth-order valence-corrected chi connectivity index (χ4v) is 1.41. The Kier molecular flexibility index (Phi) is 4.34. The summed E-state index contributed by atoms with van der Waals surface area (Å²) >= 11 is 0. The first-order valence-electron chi connectivity index (χ1n) is 5.08. The molecule has 0 aliphatic rings. The molecule has 1 atom stereocenters. The van der Waals surface area contributed by atoms with Crippen molar-refractivity contribution in [2.45, 2.75) is 25.6 Å². The van der Waals surface area contributed by atoms with E-state index in [1.807, 2.05) is 0 Å². The minimum Gasteiger partial charge on any atom is -0.508 e. The smallest absolute Gasteiger partial charge is 0.390 e. The molecule has 1 rings (SSSR count). The van der Waals surface area contributed by atoms with Crippen LogP contribution in [0.1, 0.15) is 24.9 Å². The molecule has 17 heavy (non-hydrogen) atoms. The molecule has 1 unspecified atom stereocenters. The van der Waals surface area contributed by atoms with E-state index in [1.165, 1.54) is 6.07 Å². The minimum atomic E-state index is -4.23. The summed E-state index contributed by atoms with van der Waals surface area (Å²) in [4.78, 5) is 0. The van der Waals surface area contributed by atoms with Gasteiger partial charge in [0.2, 0.25) is 0 Å². The number of halogens is 4. The lowest BCUT2D eigenvalue weighted by Gasteiger charge is -2.16. The van der Waals surface area contributed by atoms with Crippen LogP contribution in [0.3, 0.4) is 0 Å². The summed E-state index contributed by atoms with van der Waals surface area (Å²) in [6.07, 6.45) is -5.19. The summed E-state index contributed by atoms with van der Waals surface area (Å²) in [5.74, 6) is -0.680. The molecule has 0 saturated heterocycles. The SMILES string of the molecule is CC(NCCC(F)(F)F)c1cc(F)ccc1O. The van der Waals surface area contributed by atoms with Crippen molar-refractivity contribution >= 4 is 0 Å².